The molecule has 3 aromatic rings. The van der Waals surface area contributed by atoms with Crippen molar-refractivity contribution in [3.63, 3.8) is 0 Å². The highest BCUT2D eigenvalue weighted by Crippen LogP contribution is 2.21. The number of halogens is 1. The molecular weight excluding hydrogens is 375 g/mol. The second-order valence-corrected chi connectivity index (χ2v) is 7.03. The van der Waals surface area contributed by atoms with Crippen molar-refractivity contribution >= 4 is 27.3 Å². The van der Waals surface area contributed by atoms with Gasteiger partial charge in [-0.05, 0) is 36.4 Å². The molecular formula is C17H15FN4O4S. The summed E-state index contributed by atoms with van der Waals surface area (Å²) in [6.07, 6.45) is 1.11. The summed E-state index contributed by atoms with van der Waals surface area (Å²) >= 11 is 0. The van der Waals surface area contributed by atoms with Crippen LogP contribution in [0.15, 0.2) is 59.8 Å². The van der Waals surface area contributed by atoms with Gasteiger partial charge in [-0.2, -0.15) is 13.5 Å². The van der Waals surface area contributed by atoms with Gasteiger partial charge in [0.25, 0.3) is 15.9 Å². The van der Waals surface area contributed by atoms with Crippen LogP contribution in [0, 0.1) is 5.82 Å². The van der Waals surface area contributed by atoms with Gasteiger partial charge in [-0.1, -0.05) is 6.07 Å². The number of H-pyrrole nitrogens is 1. The van der Waals surface area contributed by atoms with Crippen LogP contribution in [0.2, 0.25) is 0 Å². The van der Waals surface area contributed by atoms with Crippen LogP contribution < -0.4 is 14.8 Å². The number of amides is 1. The Hall–Kier alpha value is -3.40. The van der Waals surface area contributed by atoms with Crippen LogP contribution in [0.4, 0.5) is 15.8 Å². The lowest BCUT2D eigenvalue weighted by Gasteiger charge is -2.09. The van der Waals surface area contributed by atoms with Gasteiger partial charge in [0.15, 0.2) is 5.03 Å². The highest BCUT2D eigenvalue weighted by Gasteiger charge is 2.25. The fourth-order valence-electron chi connectivity index (χ4n) is 2.26. The average molecular weight is 390 g/mol. The second kappa shape index (κ2) is 7.46. The maximum absolute atomic E-state index is 13.0. The Morgan fingerprint density at radius 3 is 2.59 bits per heavy atom. The van der Waals surface area contributed by atoms with Crippen molar-refractivity contribution in [2.45, 2.75) is 5.03 Å². The van der Waals surface area contributed by atoms with Crippen LogP contribution in [0.5, 0.6) is 5.75 Å². The zero-order valence-electron chi connectivity index (χ0n) is 14.1. The number of rotatable bonds is 6. The first-order valence-corrected chi connectivity index (χ1v) is 9.14. The number of nitrogens with zero attached hydrogens (tertiary/aromatic N) is 1. The number of carbonyl (C=O) groups is 1. The van der Waals surface area contributed by atoms with Gasteiger partial charge in [0.05, 0.1) is 18.9 Å². The molecule has 8 nitrogen and oxygen atoms in total. The first kappa shape index (κ1) is 18.4. The standard InChI is InChI=1S/C17H15FN4O4S/c1-26-14-4-2-3-13(9-14)20-16(23)15-10-19-21-17(15)27(24,25)22-12-7-5-11(18)6-8-12/h2-10,22H,1H3,(H,19,21)(H,20,23). The van der Waals surface area contributed by atoms with Crippen molar-refractivity contribution < 1.29 is 22.3 Å². The molecule has 1 aromatic heterocycles. The smallest absolute Gasteiger partial charge is 0.279 e. The molecule has 0 unspecified atom stereocenters. The number of sulfonamides is 1. The molecule has 0 aliphatic heterocycles. The largest absolute Gasteiger partial charge is 0.497 e. The molecule has 0 spiro atoms. The Bertz CT molecular complexity index is 1060. The van der Waals surface area contributed by atoms with Crippen molar-refractivity contribution in [1.29, 1.82) is 0 Å². The van der Waals surface area contributed by atoms with Gasteiger partial charge < -0.3 is 10.1 Å². The van der Waals surface area contributed by atoms with Gasteiger partial charge in [-0.15, -0.1) is 0 Å². The Morgan fingerprint density at radius 2 is 1.89 bits per heavy atom. The van der Waals surface area contributed by atoms with Crippen LogP contribution >= 0.6 is 0 Å². The van der Waals surface area contributed by atoms with Gasteiger partial charge in [-0.3, -0.25) is 14.6 Å². The molecule has 0 radical (unpaired) electrons. The van der Waals surface area contributed by atoms with E-state index in [1.165, 1.54) is 19.2 Å². The van der Waals surface area contributed by atoms with E-state index in [-0.39, 0.29) is 11.3 Å². The molecule has 3 N–H and O–H groups in total. The average Bonchev–Trinajstić information content (AvgIpc) is 3.15. The third-order valence-corrected chi connectivity index (χ3v) is 4.89. The number of aromatic nitrogens is 2. The van der Waals surface area contributed by atoms with E-state index in [9.17, 15) is 17.6 Å². The Kier molecular flexibility index (Phi) is 5.08. The second-order valence-electron chi connectivity index (χ2n) is 5.41. The van der Waals surface area contributed by atoms with Crippen LogP contribution in [-0.2, 0) is 10.0 Å². The van der Waals surface area contributed by atoms with E-state index in [2.05, 4.69) is 20.2 Å². The van der Waals surface area contributed by atoms with E-state index >= 15 is 0 Å². The zero-order valence-corrected chi connectivity index (χ0v) is 14.9. The van der Waals surface area contributed by atoms with Crippen molar-refractivity contribution in [2.24, 2.45) is 0 Å². The fourth-order valence-corrected chi connectivity index (χ4v) is 3.42. The number of methoxy groups -OCH3 is 1. The van der Waals surface area contributed by atoms with Crippen LogP contribution in [0.25, 0.3) is 0 Å². The van der Waals surface area contributed by atoms with Crippen molar-refractivity contribution in [3.05, 3.63) is 66.1 Å². The van der Waals surface area contributed by atoms with Crippen molar-refractivity contribution in [1.82, 2.24) is 10.2 Å². The monoisotopic (exact) mass is 390 g/mol. The Balaban J connectivity index is 1.83. The molecule has 0 saturated heterocycles. The zero-order chi connectivity index (χ0) is 19.4. The molecule has 0 fully saturated rings. The summed E-state index contributed by atoms with van der Waals surface area (Å²) in [6.45, 7) is 0. The van der Waals surface area contributed by atoms with E-state index in [0.717, 1.165) is 18.3 Å². The highest BCUT2D eigenvalue weighted by atomic mass is 32.2. The van der Waals surface area contributed by atoms with Crippen LogP contribution in [0.3, 0.4) is 0 Å². The lowest BCUT2D eigenvalue weighted by atomic mass is 10.2. The number of carbonyl (C=O) groups excluding carboxylic acids is 1. The van der Waals surface area contributed by atoms with E-state index in [0.29, 0.717) is 11.4 Å². The Labute approximate surface area is 154 Å². The molecule has 1 amide bonds. The van der Waals surface area contributed by atoms with E-state index in [1.807, 2.05) is 0 Å². The first-order valence-electron chi connectivity index (χ1n) is 7.66. The van der Waals surface area contributed by atoms with Gasteiger partial charge in [0, 0.05) is 17.4 Å². The van der Waals surface area contributed by atoms with Gasteiger partial charge in [-0.25, -0.2) is 4.39 Å². The number of ether oxygens (including phenoxy) is 1. The van der Waals surface area contributed by atoms with E-state index in [4.69, 9.17) is 4.74 Å². The van der Waals surface area contributed by atoms with Crippen molar-refractivity contribution in [2.75, 3.05) is 17.1 Å². The molecule has 0 atom stereocenters. The summed E-state index contributed by atoms with van der Waals surface area (Å²) < 4.78 is 45.4. The minimum Gasteiger partial charge on any atom is -0.497 e. The Morgan fingerprint density at radius 1 is 1.15 bits per heavy atom. The van der Waals surface area contributed by atoms with Gasteiger partial charge in [0.1, 0.15) is 11.6 Å². The summed E-state index contributed by atoms with van der Waals surface area (Å²) in [5, 5.41) is 8.13. The lowest BCUT2D eigenvalue weighted by molar-refractivity contribution is 0.102. The quantitative estimate of drug-likeness (QED) is 0.599. The van der Waals surface area contributed by atoms with Gasteiger partial charge >= 0.3 is 0 Å². The predicted molar refractivity (Wildman–Crippen MR) is 96.7 cm³/mol. The normalized spacial score (nSPS) is 11.0. The molecule has 27 heavy (non-hydrogen) atoms. The highest BCUT2D eigenvalue weighted by molar-refractivity contribution is 7.92. The topological polar surface area (TPSA) is 113 Å². The molecule has 0 aliphatic carbocycles. The number of hydrogen-bond acceptors (Lipinski definition) is 5. The summed E-state index contributed by atoms with van der Waals surface area (Å²) in [7, 11) is -2.65. The number of anilines is 2. The molecule has 0 aliphatic rings. The summed E-state index contributed by atoms with van der Waals surface area (Å²) in [5.41, 5.74) is 0.396. The molecule has 0 saturated carbocycles. The predicted octanol–water partition coefficient (Wildman–Crippen LogP) is 2.61. The summed E-state index contributed by atoms with van der Waals surface area (Å²) in [5.74, 6) is -0.639. The third-order valence-electron chi connectivity index (χ3n) is 3.54. The van der Waals surface area contributed by atoms with Gasteiger partial charge in [0.2, 0.25) is 0 Å². The molecule has 140 valence electrons. The molecule has 1 heterocycles. The molecule has 3 rings (SSSR count). The third kappa shape index (κ3) is 4.23. The number of nitrogens with one attached hydrogen (secondary N) is 3. The molecule has 2 aromatic carbocycles. The SMILES string of the molecule is COc1cccc(NC(=O)c2cn[nH]c2S(=O)(=O)Nc2ccc(F)cc2)c1. The minimum atomic E-state index is -4.14. The summed E-state index contributed by atoms with van der Waals surface area (Å²) in [4.78, 5) is 12.5. The molecule has 10 heteroatoms. The fraction of sp³-hybridized carbons (Fsp3) is 0.0588. The minimum absolute atomic E-state index is 0.144. The maximum Gasteiger partial charge on any atom is 0.279 e. The maximum atomic E-state index is 13.0. The first-order chi connectivity index (χ1) is 12.9. The summed E-state index contributed by atoms with van der Waals surface area (Å²) in [6, 6.07) is 11.4. The number of benzene rings is 2. The van der Waals surface area contributed by atoms with Crippen molar-refractivity contribution in [3.8, 4) is 5.75 Å². The molecule has 0 bridgehead atoms. The number of aromatic amines is 1. The lowest BCUT2D eigenvalue weighted by Crippen LogP contribution is -2.19. The van der Waals surface area contributed by atoms with Crippen LogP contribution in [0.1, 0.15) is 10.4 Å². The van der Waals surface area contributed by atoms with Crippen LogP contribution in [-0.4, -0.2) is 31.6 Å². The number of hydrogen-bond donors (Lipinski definition) is 3. The van der Waals surface area contributed by atoms with E-state index < -0.39 is 26.8 Å². The van der Waals surface area contributed by atoms with E-state index in [1.54, 1.807) is 24.3 Å².